The van der Waals surface area contributed by atoms with Crippen molar-refractivity contribution in [1.82, 2.24) is 0 Å². The lowest BCUT2D eigenvalue weighted by Crippen LogP contribution is -2.30. The number of carbonyl (C=O) groups is 2. The van der Waals surface area contributed by atoms with Gasteiger partial charge >= 0.3 is 0 Å². The highest BCUT2D eigenvalue weighted by atomic mass is 16.5. The summed E-state index contributed by atoms with van der Waals surface area (Å²) < 4.78 is 5.62. The van der Waals surface area contributed by atoms with Gasteiger partial charge in [-0.1, -0.05) is 24.3 Å². The highest BCUT2D eigenvalue weighted by molar-refractivity contribution is 5.97. The molecule has 1 aliphatic rings. The number of carbonyl (C=O) groups excluding carboxylic acids is 2. The van der Waals surface area contributed by atoms with E-state index in [0.29, 0.717) is 17.9 Å². The summed E-state index contributed by atoms with van der Waals surface area (Å²) in [6, 6.07) is 16.6. The fourth-order valence-corrected chi connectivity index (χ4v) is 2.67. The lowest BCUT2D eigenvalue weighted by molar-refractivity contribution is -0.122. The van der Waals surface area contributed by atoms with Crippen LogP contribution in [-0.4, -0.2) is 24.5 Å². The summed E-state index contributed by atoms with van der Waals surface area (Å²) in [6.45, 7) is 2.43. The van der Waals surface area contributed by atoms with Crippen molar-refractivity contribution in [3.05, 3.63) is 54.6 Å². The van der Waals surface area contributed by atoms with Crippen LogP contribution in [0.1, 0.15) is 19.8 Å². The minimum Gasteiger partial charge on any atom is -0.481 e. The maximum Gasteiger partial charge on any atom is 0.265 e. The zero-order chi connectivity index (χ0) is 16.9. The molecule has 2 aromatic rings. The number of benzene rings is 2. The van der Waals surface area contributed by atoms with Crippen molar-refractivity contribution in [2.45, 2.75) is 25.9 Å². The number of rotatable bonds is 5. The predicted molar refractivity (Wildman–Crippen MR) is 93.2 cm³/mol. The van der Waals surface area contributed by atoms with E-state index in [1.54, 1.807) is 17.9 Å². The van der Waals surface area contributed by atoms with Gasteiger partial charge in [0.05, 0.1) is 0 Å². The number of nitrogens with one attached hydrogen (secondary N) is 1. The molecule has 1 atom stereocenters. The Morgan fingerprint density at radius 3 is 2.67 bits per heavy atom. The normalized spacial score (nSPS) is 15.2. The molecule has 24 heavy (non-hydrogen) atoms. The monoisotopic (exact) mass is 324 g/mol. The molecule has 2 amide bonds. The van der Waals surface area contributed by atoms with E-state index in [1.165, 1.54) is 0 Å². The summed E-state index contributed by atoms with van der Waals surface area (Å²) in [4.78, 5) is 25.9. The lowest BCUT2D eigenvalue weighted by Gasteiger charge is -2.18. The summed E-state index contributed by atoms with van der Waals surface area (Å²) in [7, 11) is 0. The van der Waals surface area contributed by atoms with Gasteiger partial charge in [0.2, 0.25) is 5.91 Å². The summed E-state index contributed by atoms with van der Waals surface area (Å²) >= 11 is 0. The van der Waals surface area contributed by atoms with Gasteiger partial charge in [0.25, 0.3) is 5.91 Å². The van der Waals surface area contributed by atoms with E-state index in [-0.39, 0.29) is 11.8 Å². The average Bonchev–Trinajstić information content (AvgIpc) is 3.02. The molecule has 1 fully saturated rings. The third kappa shape index (κ3) is 3.74. The highest BCUT2D eigenvalue weighted by Gasteiger charge is 2.22. The molecule has 1 heterocycles. The number of hydrogen-bond donors (Lipinski definition) is 1. The number of hydrogen-bond acceptors (Lipinski definition) is 3. The minimum atomic E-state index is -0.621. The van der Waals surface area contributed by atoms with Gasteiger partial charge in [-0.05, 0) is 43.7 Å². The largest absolute Gasteiger partial charge is 0.481 e. The van der Waals surface area contributed by atoms with Crippen LogP contribution in [0, 0.1) is 0 Å². The second-order valence-corrected chi connectivity index (χ2v) is 5.76. The Labute approximate surface area is 141 Å². The molecule has 0 bridgehead atoms. The standard InChI is InChI=1S/C19H20N2O3/c1-14(24-17-9-3-2-4-10-17)19(23)20-15-7-5-8-16(13-15)21-12-6-11-18(21)22/h2-5,7-10,13-14H,6,11-12H2,1H3,(H,20,23). The van der Waals surface area contributed by atoms with E-state index in [9.17, 15) is 9.59 Å². The van der Waals surface area contributed by atoms with E-state index in [4.69, 9.17) is 4.74 Å². The maximum absolute atomic E-state index is 12.3. The van der Waals surface area contributed by atoms with Crippen molar-refractivity contribution in [2.24, 2.45) is 0 Å². The minimum absolute atomic E-state index is 0.124. The zero-order valence-corrected chi connectivity index (χ0v) is 13.6. The van der Waals surface area contributed by atoms with Crippen molar-refractivity contribution in [1.29, 1.82) is 0 Å². The van der Waals surface area contributed by atoms with Crippen molar-refractivity contribution in [3.8, 4) is 5.75 Å². The summed E-state index contributed by atoms with van der Waals surface area (Å²) in [5.41, 5.74) is 1.47. The third-order valence-electron chi connectivity index (χ3n) is 3.92. The molecule has 1 saturated heterocycles. The first kappa shape index (κ1) is 16.1. The molecule has 124 valence electrons. The van der Waals surface area contributed by atoms with Gasteiger partial charge in [-0.25, -0.2) is 0 Å². The molecular formula is C19H20N2O3. The van der Waals surface area contributed by atoms with Crippen LogP contribution in [-0.2, 0) is 9.59 Å². The summed E-state index contributed by atoms with van der Waals surface area (Å²) in [6.07, 6.45) is 0.833. The fourth-order valence-electron chi connectivity index (χ4n) is 2.67. The van der Waals surface area contributed by atoms with E-state index >= 15 is 0 Å². The topological polar surface area (TPSA) is 58.6 Å². The Hall–Kier alpha value is -2.82. The molecule has 1 aliphatic heterocycles. The molecule has 0 aromatic heterocycles. The number of amides is 2. The number of ether oxygens (including phenoxy) is 1. The molecule has 0 spiro atoms. The molecule has 5 nitrogen and oxygen atoms in total. The smallest absolute Gasteiger partial charge is 0.265 e. The molecule has 0 aliphatic carbocycles. The second kappa shape index (κ2) is 7.17. The van der Waals surface area contributed by atoms with Crippen molar-refractivity contribution >= 4 is 23.2 Å². The quantitative estimate of drug-likeness (QED) is 0.918. The van der Waals surface area contributed by atoms with E-state index in [0.717, 1.165) is 18.7 Å². The number of anilines is 2. The van der Waals surface area contributed by atoms with Gasteiger partial charge in [0.1, 0.15) is 5.75 Å². The Balaban J connectivity index is 1.65. The van der Waals surface area contributed by atoms with Crippen LogP contribution in [0.3, 0.4) is 0 Å². The predicted octanol–water partition coefficient (Wildman–Crippen LogP) is 3.22. The lowest BCUT2D eigenvalue weighted by atomic mass is 10.2. The number of para-hydroxylation sites is 1. The first-order chi connectivity index (χ1) is 11.6. The molecule has 1 N–H and O–H groups in total. The van der Waals surface area contributed by atoms with Gasteiger partial charge in [-0.15, -0.1) is 0 Å². The molecular weight excluding hydrogens is 304 g/mol. The Kier molecular flexibility index (Phi) is 4.79. The SMILES string of the molecule is CC(Oc1ccccc1)C(=O)Nc1cccc(N2CCCC2=O)c1. The Morgan fingerprint density at radius 2 is 1.96 bits per heavy atom. The van der Waals surface area contributed by atoms with Crippen LogP contribution < -0.4 is 15.0 Å². The van der Waals surface area contributed by atoms with Crippen LogP contribution in [0.5, 0.6) is 5.75 Å². The average molecular weight is 324 g/mol. The first-order valence-corrected chi connectivity index (χ1v) is 8.06. The van der Waals surface area contributed by atoms with Gasteiger partial charge < -0.3 is 15.0 Å². The Morgan fingerprint density at radius 1 is 1.17 bits per heavy atom. The summed E-state index contributed by atoms with van der Waals surface area (Å²) in [5.74, 6) is 0.541. The van der Waals surface area contributed by atoms with Crippen LogP contribution in [0.2, 0.25) is 0 Å². The molecule has 0 radical (unpaired) electrons. The third-order valence-corrected chi connectivity index (χ3v) is 3.92. The maximum atomic E-state index is 12.3. The van der Waals surface area contributed by atoms with Crippen molar-refractivity contribution < 1.29 is 14.3 Å². The van der Waals surface area contributed by atoms with Gasteiger partial charge in [0, 0.05) is 24.3 Å². The molecule has 5 heteroatoms. The van der Waals surface area contributed by atoms with Crippen LogP contribution in [0.25, 0.3) is 0 Å². The van der Waals surface area contributed by atoms with Gasteiger partial charge in [-0.3, -0.25) is 9.59 Å². The molecule has 3 rings (SSSR count). The van der Waals surface area contributed by atoms with Crippen molar-refractivity contribution in [2.75, 3.05) is 16.8 Å². The van der Waals surface area contributed by atoms with Gasteiger partial charge in [0.15, 0.2) is 6.10 Å². The number of nitrogens with zero attached hydrogens (tertiary/aromatic N) is 1. The van der Waals surface area contributed by atoms with Gasteiger partial charge in [-0.2, -0.15) is 0 Å². The highest BCUT2D eigenvalue weighted by Crippen LogP contribution is 2.24. The van der Waals surface area contributed by atoms with E-state index in [2.05, 4.69) is 5.32 Å². The van der Waals surface area contributed by atoms with Crippen LogP contribution in [0.4, 0.5) is 11.4 Å². The second-order valence-electron chi connectivity index (χ2n) is 5.76. The molecule has 2 aromatic carbocycles. The fraction of sp³-hybridized carbons (Fsp3) is 0.263. The van der Waals surface area contributed by atoms with E-state index in [1.807, 2.05) is 48.5 Å². The van der Waals surface area contributed by atoms with Crippen LogP contribution >= 0.6 is 0 Å². The van der Waals surface area contributed by atoms with Crippen LogP contribution in [0.15, 0.2) is 54.6 Å². The summed E-state index contributed by atoms with van der Waals surface area (Å²) in [5, 5.41) is 2.84. The molecule has 0 saturated carbocycles. The zero-order valence-electron chi connectivity index (χ0n) is 13.6. The Bertz CT molecular complexity index is 730. The van der Waals surface area contributed by atoms with Crippen molar-refractivity contribution in [3.63, 3.8) is 0 Å². The van der Waals surface area contributed by atoms with E-state index < -0.39 is 6.10 Å². The first-order valence-electron chi connectivity index (χ1n) is 8.06. The molecule has 1 unspecified atom stereocenters.